The number of hydrogen-bond acceptors (Lipinski definition) is 4. The van der Waals surface area contributed by atoms with Gasteiger partial charge in [0.05, 0.1) is 12.8 Å². The van der Waals surface area contributed by atoms with Crippen LogP contribution in [0.5, 0.6) is 0 Å². The van der Waals surface area contributed by atoms with Gasteiger partial charge in [-0.25, -0.2) is 14.8 Å². The van der Waals surface area contributed by atoms with Crippen LogP contribution in [-0.2, 0) is 13.1 Å². The summed E-state index contributed by atoms with van der Waals surface area (Å²) in [7, 11) is 1.75. The van der Waals surface area contributed by atoms with Crippen molar-refractivity contribution in [2.24, 2.45) is 0 Å². The number of furan rings is 1. The minimum atomic E-state index is -0.144. The van der Waals surface area contributed by atoms with Crippen LogP contribution in [0.1, 0.15) is 16.9 Å². The maximum Gasteiger partial charge on any atom is 0.317 e. The summed E-state index contributed by atoms with van der Waals surface area (Å²) in [5.41, 5.74) is 1.93. The summed E-state index contributed by atoms with van der Waals surface area (Å²) in [5.74, 6) is 1.61. The van der Waals surface area contributed by atoms with Gasteiger partial charge in [-0.3, -0.25) is 4.57 Å². The molecule has 3 aromatic rings. The number of aryl methyl sites for hydroxylation is 1. The largest absolute Gasteiger partial charge is 0.469 e. The molecule has 0 saturated heterocycles. The molecule has 0 bridgehead atoms. The molecule has 0 spiro atoms. The quantitative estimate of drug-likeness (QED) is 0.782. The van der Waals surface area contributed by atoms with Crippen LogP contribution in [0.15, 0.2) is 53.8 Å². The number of pyridine rings is 1. The number of nitrogens with one attached hydrogen (secondary N) is 1. The van der Waals surface area contributed by atoms with E-state index >= 15 is 0 Å². The highest BCUT2D eigenvalue weighted by molar-refractivity contribution is 5.73. The number of carbonyl (C=O) groups excluding carboxylic acids is 1. The first-order valence-electron chi connectivity index (χ1n) is 7.58. The Labute approximate surface area is 139 Å². The molecule has 7 heteroatoms. The van der Waals surface area contributed by atoms with E-state index in [1.54, 1.807) is 36.9 Å². The zero-order chi connectivity index (χ0) is 16.9. The third-order valence-electron chi connectivity index (χ3n) is 3.74. The Bertz CT molecular complexity index is 793. The number of aromatic nitrogens is 3. The van der Waals surface area contributed by atoms with Crippen molar-refractivity contribution in [2.45, 2.75) is 20.0 Å². The molecular weight excluding hydrogens is 306 g/mol. The van der Waals surface area contributed by atoms with Crippen molar-refractivity contribution in [1.29, 1.82) is 0 Å². The third-order valence-corrected chi connectivity index (χ3v) is 3.74. The van der Waals surface area contributed by atoms with Crippen LogP contribution in [0.3, 0.4) is 0 Å². The summed E-state index contributed by atoms with van der Waals surface area (Å²) < 4.78 is 7.07. The van der Waals surface area contributed by atoms with Gasteiger partial charge >= 0.3 is 6.03 Å². The molecule has 7 nitrogen and oxygen atoms in total. The topological polar surface area (TPSA) is 76.2 Å². The molecule has 3 heterocycles. The lowest BCUT2D eigenvalue weighted by Gasteiger charge is -2.17. The molecule has 3 rings (SSSR count). The van der Waals surface area contributed by atoms with Gasteiger partial charge in [-0.2, -0.15) is 0 Å². The minimum Gasteiger partial charge on any atom is -0.469 e. The summed E-state index contributed by atoms with van der Waals surface area (Å²) >= 11 is 0. The Morgan fingerprint density at radius 2 is 2.25 bits per heavy atom. The summed E-state index contributed by atoms with van der Waals surface area (Å²) in [6.07, 6.45) is 8.60. The van der Waals surface area contributed by atoms with Crippen LogP contribution < -0.4 is 5.32 Å². The second-order valence-corrected chi connectivity index (χ2v) is 5.51. The van der Waals surface area contributed by atoms with Crippen molar-refractivity contribution >= 4 is 6.03 Å². The lowest BCUT2D eigenvalue weighted by molar-refractivity contribution is 0.206. The van der Waals surface area contributed by atoms with Crippen molar-refractivity contribution in [3.63, 3.8) is 0 Å². The average Bonchev–Trinajstić information content (AvgIpc) is 3.26. The van der Waals surface area contributed by atoms with Crippen molar-refractivity contribution in [1.82, 2.24) is 24.8 Å². The third kappa shape index (κ3) is 3.62. The molecule has 0 saturated carbocycles. The number of hydrogen-bond donors (Lipinski definition) is 1. The number of nitrogens with zero attached hydrogens (tertiary/aromatic N) is 4. The van der Waals surface area contributed by atoms with E-state index in [1.807, 2.05) is 35.9 Å². The van der Waals surface area contributed by atoms with Crippen molar-refractivity contribution in [3.8, 4) is 5.82 Å². The number of rotatable bonds is 5. The molecule has 2 amide bonds. The van der Waals surface area contributed by atoms with Crippen molar-refractivity contribution in [3.05, 3.63) is 66.3 Å². The molecule has 0 atom stereocenters. The second kappa shape index (κ2) is 6.99. The van der Waals surface area contributed by atoms with Gasteiger partial charge in [0.15, 0.2) is 0 Å². The lowest BCUT2D eigenvalue weighted by Crippen LogP contribution is -2.36. The number of urea groups is 1. The second-order valence-electron chi connectivity index (χ2n) is 5.51. The van der Waals surface area contributed by atoms with Gasteiger partial charge in [-0.05, 0) is 24.6 Å². The first-order valence-corrected chi connectivity index (χ1v) is 7.58. The summed E-state index contributed by atoms with van der Waals surface area (Å²) in [5, 5.41) is 2.88. The predicted molar refractivity (Wildman–Crippen MR) is 88.5 cm³/mol. The van der Waals surface area contributed by atoms with Crippen LogP contribution in [0, 0.1) is 6.92 Å². The maximum absolute atomic E-state index is 12.2. The molecule has 0 aromatic carbocycles. The molecule has 0 aliphatic carbocycles. The van der Waals surface area contributed by atoms with Crippen molar-refractivity contribution in [2.75, 3.05) is 7.05 Å². The first-order chi connectivity index (χ1) is 11.6. The van der Waals surface area contributed by atoms with E-state index in [-0.39, 0.29) is 6.03 Å². The van der Waals surface area contributed by atoms with Crippen LogP contribution in [0.25, 0.3) is 5.82 Å². The predicted octanol–water partition coefficient (Wildman–Crippen LogP) is 2.51. The molecule has 124 valence electrons. The standard InChI is InChI=1S/C17H19N5O2/c1-13-15(5-8-24-13)11-21(2)17(23)20-10-14-3-4-16(19-9-14)22-7-6-18-12-22/h3-9,12H,10-11H2,1-2H3,(H,20,23). The van der Waals surface area contributed by atoms with Gasteiger partial charge in [-0.15, -0.1) is 0 Å². The summed E-state index contributed by atoms with van der Waals surface area (Å²) in [6.45, 7) is 2.81. The number of imidazole rings is 1. The maximum atomic E-state index is 12.2. The van der Waals surface area contributed by atoms with E-state index < -0.39 is 0 Å². The smallest absolute Gasteiger partial charge is 0.317 e. The number of carbonyl (C=O) groups is 1. The van der Waals surface area contributed by atoms with E-state index in [1.165, 1.54) is 0 Å². The zero-order valence-corrected chi connectivity index (χ0v) is 13.6. The fraction of sp³-hybridized carbons (Fsp3) is 0.235. The monoisotopic (exact) mass is 325 g/mol. The molecule has 0 radical (unpaired) electrons. The van der Waals surface area contributed by atoms with Gasteiger partial charge < -0.3 is 14.6 Å². The van der Waals surface area contributed by atoms with E-state index in [2.05, 4.69) is 15.3 Å². The van der Waals surface area contributed by atoms with Gasteiger partial charge in [0.25, 0.3) is 0 Å². The average molecular weight is 325 g/mol. The Balaban J connectivity index is 1.53. The molecule has 0 unspecified atom stereocenters. The van der Waals surface area contributed by atoms with Crippen LogP contribution in [0.2, 0.25) is 0 Å². The van der Waals surface area contributed by atoms with E-state index in [9.17, 15) is 4.79 Å². The highest BCUT2D eigenvalue weighted by Gasteiger charge is 2.11. The van der Waals surface area contributed by atoms with Crippen LogP contribution in [0.4, 0.5) is 4.79 Å². The van der Waals surface area contributed by atoms with Gasteiger partial charge in [-0.1, -0.05) is 6.07 Å². The first kappa shape index (κ1) is 15.8. The van der Waals surface area contributed by atoms with E-state index in [4.69, 9.17) is 4.42 Å². The lowest BCUT2D eigenvalue weighted by atomic mass is 10.2. The normalized spacial score (nSPS) is 10.6. The summed E-state index contributed by atoms with van der Waals surface area (Å²) in [4.78, 5) is 22.1. The fourth-order valence-electron chi connectivity index (χ4n) is 2.28. The Hall–Kier alpha value is -3.09. The van der Waals surface area contributed by atoms with E-state index in [0.717, 1.165) is 22.7 Å². The molecular formula is C17H19N5O2. The van der Waals surface area contributed by atoms with Crippen molar-refractivity contribution < 1.29 is 9.21 Å². The molecule has 0 fully saturated rings. The molecule has 24 heavy (non-hydrogen) atoms. The minimum absolute atomic E-state index is 0.144. The number of amides is 2. The Morgan fingerprint density at radius 3 is 2.88 bits per heavy atom. The molecule has 3 aromatic heterocycles. The highest BCUT2D eigenvalue weighted by Crippen LogP contribution is 2.11. The fourth-order valence-corrected chi connectivity index (χ4v) is 2.28. The van der Waals surface area contributed by atoms with Crippen LogP contribution >= 0.6 is 0 Å². The van der Waals surface area contributed by atoms with Gasteiger partial charge in [0.2, 0.25) is 0 Å². The van der Waals surface area contributed by atoms with Gasteiger partial charge in [0, 0.05) is 37.7 Å². The molecule has 0 aliphatic heterocycles. The Morgan fingerprint density at radius 1 is 1.38 bits per heavy atom. The van der Waals surface area contributed by atoms with Gasteiger partial charge in [0.1, 0.15) is 17.9 Å². The zero-order valence-electron chi connectivity index (χ0n) is 13.6. The Kier molecular flexibility index (Phi) is 4.60. The SMILES string of the molecule is Cc1occc1CN(C)C(=O)NCc1ccc(-n2ccnc2)nc1. The highest BCUT2D eigenvalue weighted by atomic mass is 16.3. The van der Waals surface area contributed by atoms with Crippen LogP contribution in [-0.4, -0.2) is 32.5 Å². The molecule has 1 N–H and O–H groups in total. The van der Waals surface area contributed by atoms with E-state index in [0.29, 0.717) is 13.1 Å². The molecule has 0 aliphatic rings. The summed E-state index contributed by atoms with van der Waals surface area (Å²) in [6, 6.07) is 5.55.